The van der Waals surface area contributed by atoms with Gasteiger partial charge in [-0.25, -0.2) is 0 Å². The van der Waals surface area contributed by atoms with Crippen LogP contribution in [0.3, 0.4) is 0 Å². The predicted octanol–water partition coefficient (Wildman–Crippen LogP) is 1.34. The molecule has 0 aromatic heterocycles. The summed E-state index contributed by atoms with van der Waals surface area (Å²) in [4.78, 5) is 16.6. The molecule has 3 heteroatoms. The standard InChI is InChI=1S/C12H22N2O/c1-9(2)12(15)14-8-11-5-4-6-13(11)7-10(14)3/h9-11H,4-8H2,1-3H3. The van der Waals surface area contributed by atoms with Crippen LogP contribution in [0.5, 0.6) is 0 Å². The van der Waals surface area contributed by atoms with Gasteiger partial charge in [0.05, 0.1) is 0 Å². The largest absolute Gasteiger partial charge is 0.337 e. The first kappa shape index (κ1) is 10.9. The lowest BCUT2D eigenvalue weighted by Crippen LogP contribution is -2.57. The molecule has 2 heterocycles. The molecule has 0 aliphatic carbocycles. The molecule has 0 N–H and O–H groups in total. The van der Waals surface area contributed by atoms with E-state index in [-0.39, 0.29) is 5.92 Å². The average molecular weight is 210 g/mol. The number of carbonyl (C=O) groups excluding carboxylic acids is 1. The fraction of sp³-hybridized carbons (Fsp3) is 0.917. The van der Waals surface area contributed by atoms with Gasteiger partial charge in [-0.15, -0.1) is 0 Å². The first-order chi connectivity index (χ1) is 7.09. The summed E-state index contributed by atoms with van der Waals surface area (Å²) in [6, 6.07) is 1.04. The van der Waals surface area contributed by atoms with Crippen LogP contribution in [0.25, 0.3) is 0 Å². The summed E-state index contributed by atoms with van der Waals surface area (Å²) in [6.45, 7) is 9.43. The Bertz CT molecular complexity index is 252. The van der Waals surface area contributed by atoms with Crippen molar-refractivity contribution in [2.24, 2.45) is 5.92 Å². The van der Waals surface area contributed by atoms with Crippen molar-refractivity contribution in [3.05, 3.63) is 0 Å². The lowest BCUT2D eigenvalue weighted by atomic mass is 10.1. The van der Waals surface area contributed by atoms with Crippen molar-refractivity contribution in [1.29, 1.82) is 0 Å². The van der Waals surface area contributed by atoms with E-state index >= 15 is 0 Å². The van der Waals surface area contributed by atoms with Crippen molar-refractivity contribution in [2.75, 3.05) is 19.6 Å². The number of fused-ring (bicyclic) bond motifs is 1. The SMILES string of the molecule is CC(C)C(=O)N1CC2CCCN2CC1C. The van der Waals surface area contributed by atoms with Gasteiger partial charge in [0.1, 0.15) is 0 Å². The maximum atomic E-state index is 12.0. The van der Waals surface area contributed by atoms with E-state index < -0.39 is 0 Å². The number of nitrogens with zero attached hydrogens (tertiary/aromatic N) is 2. The highest BCUT2D eigenvalue weighted by Gasteiger charge is 2.36. The molecular weight excluding hydrogens is 188 g/mol. The molecule has 15 heavy (non-hydrogen) atoms. The third kappa shape index (κ3) is 2.03. The van der Waals surface area contributed by atoms with Gasteiger partial charge in [0.2, 0.25) is 5.91 Å². The minimum Gasteiger partial charge on any atom is -0.337 e. The lowest BCUT2D eigenvalue weighted by Gasteiger charge is -2.43. The zero-order valence-electron chi connectivity index (χ0n) is 10.1. The summed E-state index contributed by atoms with van der Waals surface area (Å²) in [5, 5.41) is 0. The van der Waals surface area contributed by atoms with Gasteiger partial charge in [-0.2, -0.15) is 0 Å². The summed E-state index contributed by atoms with van der Waals surface area (Å²) in [5.74, 6) is 0.467. The van der Waals surface area contributed by atoms with Crippen LogP contribution in [0, 0.1) is 5.92 Å². The van der Waals surface area contributed by atoms with E-state index in [0.29, 0.717) is 18.0 Å². The number of rotatable bonds is 1. The Morgan fingerprint density at radius 2 is 2.07 bits per heavy atom. The third-order valence-corrected chi connectivity index (χ3v) is 3.71. The lowest BCUT2D eigenvalue weighted by molar-refractivity contribution is -0.140. The van der Waals surface area contributed by atoms with Crippen molar-refractivity contribution in [2.45, 2.75) is 45.7 Å². The van der Waals surface area contributed by atoms with E-state index in [9.17, 15) is 4.79 Å². The van der Waals surface area contributed by atoms with Crippen molar-refractivity contribution in [3.63, 3.8) is 0 Å². The van der Waals surface area contributed by atoms with Crippen molar-refractivity contribution in [3.8, 4) is 0 Å². The smallest absolute Gasteiger partial charge is 0.225 e. The van der Waals surface area contributed by atoms with Gasteiger partial charge in [0.15, 0.2) is 0 Å². The van der Waals surface area contributed by atoms with Gasteiger partial charge in [-0.1, -0.05) is 13.8 Å². The number of piperazine rings is 1. The molecule has 0 aromatic carbocycles. The molecule has 2 rings (SSSR count). The molecule has 0 aromatic rings. The third-order valence-electron chi connectivity index (χ3n) is 3.71. The second kappa shape index (κ2) is 4.12. The normalized spacial score (nSPS) is 32.1. The van der Waals surface area contributed by atoms with E-state index in [1.165, 1.54) is 19.4 Å². The molecule has 86 valence electrons. The zero-order valence-corrected chi connectivity index (χ0v) is 10.1. The molecule has 1 amide bonds. The van der Waals surface area contributed by atoms with Crippen LogP contribution < -0.4 is 0 Å². The molecule has 3 nitrogen and oxygen atoms in total. The topological polar surface area (TPSA) is 23.6 Å². The van der Waals surface area contributed by atoms with E-state index in [4.69, 9.17) is 0 Å². The van der Waals surface area contributed by atoms with Crippen LogP contribution in [-0.4, -0.2) is 47.4 Å². The van der Waals surface area contributed by atoms with E-state index in [0.717, 1.165) is 13.1 Å². The summed E-state index contributed by atoms with van der Waals surface area (Å²) >= 11 is 0. The Kier molecular flexibility index (Phi) is 3.01. The highest BCUT2D eigenvalue weighted by Crippen LogP contribution is 2.25. The van der Waals surface area contributed by atoms with E-state index in [1.807, 2.05) is 13.8 Å². The Balaban J connectivity index is 2.04. The number of hydrogen-bond donors (Lipinski definition) is 0. The Morgan fingerprint density at radius 3 is 2.73 bits per heavy atom. The molecule has 0 radical (unpaired) electrons. The van der Waals surface area contributed by atoms with Gasteiger partial charge in [-0.3, -0.25) is 9.69 Å². The first-order valence-electron chi connectivity index (χ1n) is 6.14. The molecule has 2 unspecified atom stereocenters. The van der Waals surface area contributed by atoms with Crippen LogP contribution in [0.4, 0.5) is 0 Å². The van der Waals surface area contributed by atoms with Crippen LogP contribution in [0.15, 0.2) is 0 Å². The van der Waals surface area contributed by atoms with Crippen molar-refractivity contribution < 1.29 is 4.79 Å². The summed E-state index contributed by atoms with van der Waals surface area (Å²) in [6.07, 6.45) is 2.58. The molecular formula is C12H22N2O. The van der Waals surface area contributed by atoms with Gasteiger partial charge in [-0.05, 0) is 26.3 Å². The Morgan fingerprint density at radius 1 is 1.33 bits per heavy atom. The second-order valence-electron chi connectivity index (χ2n) is 5.29. The van der Waals surface area contributed by atoms with Crippen molar-refractivity contribution >= 4 is 5.91 Å². The maximum absolute atomic E-state index is 12.0. The summed E-state index contributed by atoms with van der Waals surface area (Å²) < 4.78 is 0. The summed E-state index contributed by atoms with van der Waals surface area (Å²) in [7, 11) is 0. The molecule has 2 aliphatic rings. The summed E-state index contributed by atoms with van der Waals surface area (Å²) in [5.41, 5.74) is 0. The monoisotopic (exact) mass is 210 g/mol. The van der Waals surface area contributed by atoms with Gasteiger partial charge in [0, 0.05) is 31.1 Å². The van der Waals surface area contributed by atoms with Crippen molar-refractivity contribution in [1.82, 2.24) is 9.80 Å². The number of carbonyl (C=O) groups is 1. The van der Waals surface area contributed by atoms with Crippen LogP contribution >= 0.6 is 0 Å². The van der Waals surface area contributed by atoms with Crippen LogP contribution in [0.2, 0.25) is 0 Å². The zero-order chi connectivity index (χ0) is 11.0. The number of hydrogen-bond acceptors (Lipinski definition) is 2. The minimum absolute atomic E-state index is 0.139. The molecule has 2 aliphatic heterocycles. The highest BCUT2D eigenvalue weighted by molar-refractivity contribution is 5.78. The van der Waals surface area contributed by atoms with Gasteiger partial charge < -0.3 is 4.90 Å². The predicted molar refractivity (Wildman–Crippen MR) is 60.6 cm³/mol. The fourth-order valence-electron chi connectivity index (χ4n) is 2.83. The van der Waals surface area contributed by atoms with Gasteiger partial charge >= 0.3 is 0 Å². The van der Waals surface area contributed by atoms with E-state index in [1.54, 1.807) is 0 Å². The second-order valence-corrected chi connectivity index (χ2v) is 5.29. The Labute approximate surface area is 92.4 Å². The highest BCUT2D eigenvalue weighted by atomic mass is 16.2. The first-order valence-corrected chi connectivity index (χ1v) is 6.14. The number of amides is 1. The molecule has 2 fully saturated rings. The minimum atomic E-state index is 0.139. The molecule has 0 bridgehead atoms. The van der Waals surface area contributed by atoms with Gasteiger partial charge in [0.25, 0.3) is 0 Å². The fourth-order valence-corrected chi connectivity index (χ4v) is 2.83. The molecule has 2 saturated heterocycles. The molecule has 2 atom stereocenters. The van der Waals surface area contributed by atoms with Crippen LogP contribution in [0.1, 0.15) is 33.6 Å². The Hall–Kier alpha value is -0.570. The van der Waals surface area contributed by atoms with E-state index in [2.05, 4.69) is 16.7 Å². The quantitative estimate of drug-likeness (QED) is 0.652. The molecule has 0 spiro atoms. The maximum Gasteiger partial charge on any atom is 0.225 e. The average Bonchev–Trinajstić information content (AvgIpc) is 2.62. The van der Waals surface area contributed by atoms with Crippen LogP contribution in [-0.2, 0) is 4.79 Å². The molecule has 0 saturated carbocycles.